The van der Waals surface area contributed by atoms with Gasteiger partial charge in [-0.2, -0.15) is 0 Å². The summed E-state index contributed by atoms with van der Waals surface area (Å²) in [5, 5.41) is 0. The molecule has 64 valence electrons. The summed E-state index contributed by atoms with van der Waals surface area (Å²) in [6.07, 6.45) is 0.704. The van der Waals surface area contributed by atoms with E-state index in [0.717, 1.165) is 18.8 Å². The summed E-state index contributed by atoms with van der Waals surface area (Å²) in [6.45, 7) is 10.8. The molecule has 0 bridgehead atoms. The summed E-state index contributed by atoms with van der Waals surface area (Å²) in [7, 11) is 0. The molecule has 0 spiro atoms. The van der Waals surface area contributed by atoms with Gasteiger partial charge in [-0.05, 0) is 0 Å². The molecular weight excluding hydrogens is 140 g/mol. The minimum absolute atomic E-state index is 0.0450. The van der Waals surface area contributed by atoms with Gasteiger partial charge in [0.05, 0.1) is 12.4 Å². The average Bonchev–Trinajstić information content (AvgIpc) is 1.86. The van der Waals surface area contributed by atoms with Crippen LogP contribution in [-0.4, -0.2) is 12.9 Å². The monoisotopic (exact) mass is 156 g/mol. The number of rotatable bonds is 0. The van der Waals surface area contributed by atoms with Gasteiger partial charge in [0.25, 0.3) is 0 Å². The zero-order valence-corrected chi connectivity index (χ0v) is 7.52. The van der Waals surface area contributed by atoms with Crippen LogP contribution in [0.3, 0.4) is 0 Å². The van der Waals surface area contributed by atoms with Gasteiger partial charge in [-0.25, -0.2) is 0 Å². The zero-order valence-electron chi connectivity index (χ0n) is 7.52. The molecule has 1 aliphatic heterocycles. The molecule has 0 aromatic rings. The largest absolute Gasteiger partial charge is 0.469 e. The molecule has 1 heterocycles. The first-order chi connectivity index (χ1) is 5.00. The highest BCUT2D eigenvalue weighted by molar-refractivity contribution is 4.87. The Morgan fingerprint density at radius 1 is 1.45 bits per heavy atom. The molecule has 0 aromatic heterocycles. The van der Waals surface area contributed by atoms with Crippen molar-refractivity contribution in [3.05, 3.63) is 12.3 Å². The maximum Gasteiger partial charge on any atom is 0.204 e. The Labute approximate surface area is 68.2 Å². The molecule has 0 N–H and O–H groups in total. The molecule has 2 heteroatoms. The van der Waals surface area contributed by atoms with Crippen molar-refractivity contribution in [2.45, 2.75) is 33.5 Å². The van der Waals surface area contributed by atoms with Crippen molar-refractivity contribution in [1.29, 1.82) is 0 Å². The summed E-state index contributed by atoms with van der Waals surface area (Å²) >= 11 is 0. The van der Waals surface area contributed by atoms with Gasteiger partial charge in [-0.15, -0.1) is 0 Å². The first kappa shape index (κ1) is 8.60. The maximum absolute atomic E-state index is 5.43. The predicted octanol–water partition coefficient (Wildman–Crippen LogP) is 2.31. The van der Waals surface area contributed by atoms with E-state index in [-0.39, 0.29) is 11.7 Å². The lowest BCUT2D eigenvalue weighted by Gasteiger charge is -2.34. The van der Waals surface area contributed by atoms with Crippen molar-refractivity contribution >= 4 is 0 Å². The van der Waals surface area contributed by atoms with Crippen LogP contribution in [-0.2, 0) is 9.47 Å². The third kappa shape index (κ3) is 2.22. The second kappa shape index (κ2) is 2.86. The first-order valence-corrected chi connectivity index (χ1v) is 3.96. The van der Waals surface area contributed by atoms with E-state index in [4.69, 9.17) is 9.47 Å². The van der Waals surface area contributed by atoms with Crippen LogP contribution in [0, 0.1) is 5.41 Å². The Balaban J connectivity index is 2.53. The van der Waals surface area contributed by atoms with Crippen LogP contribution < -0.4 is 0 Å². The van der Waals surface area contributed by atoms with E-state index < -0.39 is 0 Å². The van der Waals surface area contributed by atoms with Crippen molar-refractivity contribution in [1.82, 2.24) is 0 Å². The van der Waals surface area contributed by atoms with Crippen LogP contribution in [0.1, 0.15) is 27.2 Å². The van der Waals surface area contributed by atoms with Crippen molar-refractivity contribution in [3.8, 4) is 0 Å². The van der Waals surface area contributed by atoms with Crippen molar-refractivity contribution in [2.24, 2.45) is 5.41 Å². The second-order valence-electron chi connectivity index (χ2n) is 3.98. The Morgan fingerprint density at radius 2 is 2.09 bits per heavy atom. The van der Waals surface area contributed by atoms with Crippen molar-refractivity contribution in [3.63, 3.8) is 0 Å². The highest BCUT2D eigenvalue weighted by Crippen LogP contribution is 2.28. The summed E-state index contributed by atoms with van der Waals surface area (Å²) in [5.41, 5.74) is 0.0450. The van der Waals surface area contributed by atoms with E-state index in [0.29, 0.717) is 0 Å². The lowest BCUT2D eigenvalue weighted by atomic mass is 9.95. The molecule has 0 aromatic carbocycles. The molecule has 1 rings (SSSR count). The van der Waals surface area contributed by atoms with Crippen LogP contribution >= 0.6 is 0 Å². The van der Waals surface area contributed by atoms with Crippen molar-refractivity contribution in [2.75, 3.05) is 6.61 Å². The highest BCUT2D eigenvalue weighted by Gasteiger charge is 2.29. The average molecular weight is 156 g/mol. The summed E-state index contributed by atoms with van der Waals surface area (Å²) < 4.78 is 10.9. The zero-order chi connectivity index (χ0) is 8.48. The van der Waals surface area contributed by atoms with Crippen LogP contribution in [0.5, 0.6) is 0 Å². The molecule has 0 radical (unpaired) electrons. The standard InChI is InChI=1S/C9H16O2/c1-7-5-6-10-8(11-7)9(2,3)4/h8H,1,5-6H2,2-4H3. The van der Waals surface area contributed by atoms with Gasteiger partial charge in [0.1, 0.15) is 0 Å². The molecule has 0 amide bonds. The van der Waals surface area contributed by atoms with Gasteiger partial charge in [0.2, 0.25) is 6.29 Å². The van der Waals surface area contributed by atoms with Crippen LogP contribution in [0.4, 0.5) is 0 Å². The summed E-state index contributed by atoms with van der Waals surface area (Å²) in [4.78, 5) is 0. The van der Waals surface area contributed by atoms with Gasteiger partial charge in [-0.3, -0.25) is 0 Å². The molecule has 1 saturated heterocycles. The Morgan fingerprint density at radius 3 is 2.45 bits per heavy atom. The number of hydrogen-bond donors (Lipinski definition) is 0. The molecular formula is C9H16O2. The van der Waals surface area contributed by atoms with E-state index >= 15 is 0 Å². The molecule has 2 nitrogen and oxygen atoms in total. The molecule has 1 aliphatic rings. The fourth-order valence-electron chi connectivity index (χ4n) is 0.951. The third-order valence-corrected chi connectivity index (χ3v) is 1.63. The highest BCUT2D eigenvalue weighted by atomic mass is 16.7. The van der Waals surface area contributed by atoms with E-state index in [1.54, 1.807) is 0 Å². The quantitative estimate of drug-likeness (QED) is 0.536. The van der Waals surface area contributed by atoms with E-state index in [1.807, 2.05) is 0 Å². The second-order valence-corrected chi connectivity index (χ2v) is 3.98. The van der Waals surface area contributed by atoms with Gasteiger partial charge in [-0.1, -0.05) is 27.4 Å². The minimum atomic E-state index is -0.122. The Hall–Kier alpha value is -0.500. The molecule has 0 saturated carbocycles. The summed E-state index contributed by atoms with van der Waals surface area (Å²) in [6, 6.07) is 0. The fraction of sp³-hybridized carbons (Fsp3) is 0.778. The van der Waals surface area contributed by atoms with Gasteiger partial charge >= 0.3 is 0 Å². The normalized spacial score (nSPS) is 26.5. The first-order valence-electron chi connectivity index (χ1n) is 3.96. The van der Waals surface area contributed by atoms with E-state index in [2.05, 4.69) is 27.4 Å². The third-order valence-electron chi connectivity index (χ3n) is 1.63. The molecule has 1 fully saturated rings. The molecule has 11 heavy (non-hydrogen) atoms. The minimum Gasteiger partial charge on any atom is -0.469 e. The summed E-state index contributed by atoms with van der Waals surface area (Å²) in [5.74, 6) is 0.844. The Kier molecular flexibility index (Phi) is 2.23. The maximum atomic E-state index is 5.43. The number of hydrogen-bond acceptors (Lipinski definition) is 2. The molecule has 1 atom stereocenters. The van der Waals surface area contributed by atoms with Crippen LogP contribution in [0.15, 0.2) is 12.3 Å². The van der Waals surface area contributed by atoms with Gasteiger partial charge in [0, 0.05) is 11.8 Å². The lowest BCUT2D eigenvalue weighted by Crippen LogP contribution is -2.35. The number of ether oxygens (including phenoxy) is 2. The van der Waals surface area contributed by atoms with Crippen LogP contribution in [0.25, 0.3) is 0 Å². The van der Waals surface area contributed by atoms with E-state index in [9.17, 15) is 0 Å². The van der Waals surface area contributed by atoms with Gasteiger partial charge in [0.15, 0.2) is 0 Å². The fourth-order valence-corrected chi connectivity index (χ4v) is 0.951. The predicted molar refractivity (Wildman–Crippen MR) is 44.0 cm³/mol. The van der Waals surface area contributed by atoms with Gasteiger partial charge < -0.3 is 9.47 Å². The smallest absolute Gasteiger partial charge is 0.204 e. The Bertz CT molecular complexity index is 155. The SMILES string of the molecule is C=C1CCOC(C(C)(C)C)O1. The van der Waals surface area contributed by atoms with Crippen molar-refractivity contribution < 1.29 is 9.47 Å². The molecule has 1 unspecified atom stereocenters. The molecule has 0 aliphatic carbocycles. The van der Waals surface area contributed by atoms with Crippen LogP contribution in [0.2, 0.25) is 0 Å². The van der Waals surface area contributed by atoms with E-state index in [1.165, 1.54) is 0 Å². The lowest BCUT2D eigenvalue weighted by molar-refractivity contribution is -0.197. The topological polar surface area (TPSA) is 18.5 Å².